The Labute approximate surface area is 112 Å². The van der Waals surface area contributed by atoms with Crippen molar-refractivity contribution in [3.63, 3.8) is 0 Å². The van der Waals surface area contributed by atoms with Crippen LogP contribution in [0.3, 0.4) is 0 Å². The number of carbonyl (C=O) groups is 1. The van der Waals surface area contributed by atoms with Gasteiger partial charge in [-0.3, -0.25) is 4.79 Å². The lowest BCUT2D eigenvalue weighted by Gasteiger charge is -2.08. The second-order valence-corrected chi connectivity index (χ2v) is 4.37. The number of thiocarbonyl (C=S) groups is 1. The summed E-state index contributed by atoms with van der Waals surface area (Å²) in [6, 6.07) is 17.0. The molecule has 0 heterocycles. The Morgan fingerprint density at radius 2 is 1.67 bits per heavy atom. The number of rotatable bonds is 3. The molecular formula is C15H13NOS. The van der Waals surface area contributed by atoms with Crippen molar-refractivity contribution in [3.05, 3.63) is 65.7 Å². The second kappa shape index (κ2) is 5.56. The number of benzene rings is 2. The molecule has 0 atom stereocenters. The van der Waals surface area contributed by atoms with Crippen LogP contribution in [0.15, 0.2) is 54.6 Å². The largest absolute Gasteiger partial charge is 0.346 e. The van der Waals surface area contributed by atoms with Gasteiger partial charge in [0, 0.05) is 16.8 Å². The summed E-state index contributed by atoms with van der Waals surface area (Å²) in [6.07, 6.45) is 0. The number of ketones is 1. The summed E-state index contributed by atoms with van der Waals surface area (Å²) < 4.78 is 0. The first-order chi connectivity index (χ1) is 8.66. The maximum Gasteiger partial charge on any atom is 0.159 e. The summed E-state index contributed by atoms with van der Waals surface area (Å²) in [5, 5.41) is 3.13. The molecule has 2 aromatic carbocycles. The van der Waals surface area contributed by atoms with Gasteiger partial charge in [-0.15, -0.1) is 0 Å². The first-order valence-electron chi connectivity index (χ1n) is 5.64. The van der Waals surface area contributed by atoms with Gasteiger partial charge in [0.05, 0.1) is 0 Å². The number of carbonyl (C=O) groups excluding carboxylic acids is 1. The number of hydrogen-bond acceptors (Lipinski definition) is 2. The zero-order valence-electron chi connectivity index (χ0n) is 10.0. The highest BCUT2D eigenvalue weighted by Crippen LogP contribution is 2.13. The highest BCUT2D eigenvalue weighted by molar-refractivity contribution is 7.81. The minimum atomic E-state index is 0.0456. The summed E-state index contributed by atoms with van der Waals surface area (Å²) in [4.78, 5) is 11.9. The van der Waals surface area contributed by atoms with Gasteiger partial charge in [0.25, 0.3) is 0 Å². The molecule has 2 rings (SSSR count). The molecule has 0 fully saturated rings. The van der Waals surface area contributed by atoms with Crippen molar-refractivity contribution in [1.29, 1.82) is 0 Å². The molecule has 0 saturated heterocycles. The zero-order chi connectivity index (χ0) is 13.0. The third kappa shape index (κ3) is 3.02. The van der Waals surface area contributed by atoms with E-state index in [1.54, 1.807) is 19.1 Å². The van der Waals surface area contributed by atoms with Crippen LogP contribution in [0, 0.1) is 0 Å². The fraction of sp³-hybridized carbons (Fsp3) is 0.0667. The van der Waals surface area contributed by atoms with Crippen molar-refractivity contribution in [2.75, 3.05) is 5.32 Å². The molecule has 0 amide bonds. The summed E-state index contributed by atoms with van der Waals surface area (Å²) in [5.41, 5.74) is 2.47. The van der Waals surface area contributed by atoms with Crippen LogP contribution in [0.2, 0.25) is 0 Å². The van der Waals surface area contributed by atoms with Crippen LogP contribution in [-0.4, -0.2) is 10.8 Å². The van der Waals surface area contributed by atoms with E-state index >= 15 is 0 Å². The molecule has 90 valence electrons. The Hall–Kier alpha value is -2.00. The van der Waals surface area contributed by atoms with Crippen LogP contribution >= 0.6 is 12.2 Å². The number of anilines is 1. The van der Waals surface area contributed by atoms with E-state index in [1.807, 2.05) is 42.5 Å². The van der Waals surface area contributed by atoms with Crippen molar-refractivity contribution in [1.82, 2.24) is 0 Å². The van der Waals surface area contributed by atoms with E-state index in [9.17, 15) is 4.79 Å². The lowest BCUT2D eigenvalue weighted by Crippen LogP contribution is -2.10. The van der Waals surface area contributed by atoms with Gasteiger partial charge in [-0.1, -0.05) is 54.7 Å². The molecule has 0 bridgehead atoms. The fourth-order valence-corrected chi connectivity index (χ4v) is 1.86. The Bertz CT molecular complexity index is 578. The molecule has 0 aliphatic carbocycles. The molecule has 0 aliphatic heterocycles. The summed E-state index contributed by atoms with van der Waals surface area (Å²) >= 11 is 5.32. The monoisotopic (exact) mass is 255 g/mol. The fourth-order valence-electron chi connectivity index (χ4n) is 1.61. The van der Waals surface area contributed by atoms with Gasteiger partial charge in [-0.05, 0) is 19.1 Å². The molecule has 0 radical (unpaired) electrons. The minimum Gasteiger partial charge on any atom is -0.346 e. The van der Waals surface area contributed by atoms with Crippen molar-refractivity contribution in [3.8, 4) is 0 Å². The van der Waals surface area contributed by atoms with Crippen molar-refractivity contribution in [2.24, 2.45) is 0 Å². The Balaban J connectivity index is 2.17. The first-order valence-corrected chi connectivity index (χ1v) is 6.05. The van der Waals surface area contributed by atoms with E-state index in [4.69, 9.17) is 12.2 Å². The standard InChI is InChI=1S/C15H13NOS/c1-11(17)13-8-5-9-14(10-13)16-15(18)12-6-3-2-4-7-12/h2-10H,1H3,(H,16,18). The SMILES string of the molecule is CC(=O)c1cccc(NC(=S)c2ccccc2)c1. The topological polar surface area (TPSA) is 29.1 Å². The molecule has 0 saturated carbocycles. The quantitative estimate of drug-likeness (QED) is 0.670. The van der Waals surface area contributed by atoms with Crippen LogP contribution in [0.25, 0.3) is 0 Å². The Morgan fingerprint density at radius 1 is 1.00 bits per heavy atom. The normalized spacial score (nSPS) is 9.83. The maximum absolute atomic E-state index is 11.3. The second-order valence-electron chi connectivity index (χ2n) is 3.96. The Kier molecular flexibility index (Phi) is 3.85. The number of hydrogen-bond donors (Lipinski definition) is 1. The van der Waals surface area contributed by atoms with Gasteiger partial charge >= 0.3 is 0 Å². The average Bonchev–Trinajstić information content (AvgIpc) is 2.40. The zero-order valence-corrected chi connectivity index (χ0v) is 10.8. The molecule has 1 N–H and O–H groups in total. The van der Waals surface area contributed by atoms with E-state index < -0.39 is 0 Å². The minimum absolute atomic E-state index is 0.0456. The highest BCUT2D eigenvalue weighted by atomic mass is 32.1. The van der Waals surface area contributed by atoms with Gasteiger partial charge in [0.2, 0.25) is 0 Å². The van der Waals surface area contributed by atoms with E-state index in [0.29, 0.717) is 10.6 Å². The van der Waals surface area contributed by atoms with Crippen LogP contribution in [0.4, 0.5) is 5.69 Å². The molecule has 0 unspecified atom stereocenters. The average molecular weight is 255 g/mol. The molecular weight excluding hydrogens is 242 g/mol. The van der Waals surface area contributed by atoms with Crippen molar-refractivity contribution < 1.29 is 4.79 Å². The number of nitrogens with one attached hydrogen (secondary N) is 1. The van der Waals surface area contributed by atoms with Crippen LogP contribution < -0.4 is 5.32 Å². The third-order valence-corrected chi connectivity index (χ3v) is 2.90. The lowest BCUT2D eigenvalue weighted by atomic mass is 10.1. The van der Waals surface area contributed by atoms with E-state index in [1.165, 1.54) is 0 Å². The van der Waals surface area contributed by atoms with Crippen LogP contribution in [-0.2, 0) is 0 Å². The van der Waals surface area contributed by atoms with Crippen molar-refractivity contribution >= 4 is 28.7 Å². The van der Waals surface area contributed by atoms with Gasteiger partial charge < -0.3 is 5.32 Å². The van der Waals surface area contributed by atoms with Crippen LogP contribution in [0.5, 0.6) is 0 Å². The highest BCUT2D eigenvalue weighted by Gasteiger charge is 2.03. The predicted octanol–water partition coefficient (Wildman–Crippen LogP) is 3.68. The molecule has 0 aliphatic rings. The molecule has 18 heavy (non-hydrogen) atoms. The summed E-state index contributed by atoms with van der Waals surface area (Å²) in [7, 11) is 0. The van der Waals surface area contributed by atoms with Crippen molar-refractivity contribution in [2.45, 2.75) is 6.92 Å². The maximum atomic E-state index is 11.3. The molecule has 0 spiro atoms. The smallest absolute Gasteiger partial charge is 0.159 e. The van der Waals surface area contributed by atoms with Gasteiger partial charge in [0.15, 0.2) is 5.78 Å². The Morgan fingerprint density at radius 3 is 2.33 bits per heavy atom. The molecule has 2 nitrogen and oxygen atoms in total. The number of Topliss-reactive ketones (excluding diaryl/α,β-unsaturated/α-hetero) is 1. The molecule has 0 aromatic heterocycles. The van der Waals surface area contributed by atoms with Gasteiger partial charge in [-0.25, -0.2) is 0 Å². The predicted molar refractivity (Wildman–Crippen MR) is 78.2 cm³/mol. The summed E-state index contributed by atoms with van der Waals surface area (Å²) in [6.45, 7) is 1.55. The van der Waals surface area contributed by atoms with Gasteiger partial charge in [0.1, 0.15) is 4.99 Å². The first kappa shape index (κ1) is 12.5. The van der Waals surface area contributed by atoms with E-state index in [0.717, 1.165) is 11.3 Å². The lowest BCUT2D eigenvalue weighted by molar-refractivity contribution is 0.101. The molecule has 2 aromatic rings. The van der Waals surface area contributed by atoms with Gasteiger partial charge in [-0.2, -0.15) is 0 Å². The van der Waals surface area contributed by atoms with E-state index in [2.05, 4.69) is 5.32 Å². The third-order valence-electron chi connectivity index (χ3n) is 2.56. The van der Waals surface area contributed by atoms with Crippen LogP contribution in [0.1, 0.15) is 22.8 Å². The molecule has 3 heteroatoms. The van der Waals surface area contributed by atoms with E-state index in [-0.39, 0.29) is 5.78 Å². The summed E-state index contributed by atoms with van der Waals surface area (Å²) in [5.74, 6) is 0.0456.